The maximum atomic E-state index is 13.8. The van der Waals surface area contributed by atoms with Crippen LogP contribution in [0.4, 0.5) is 11.4 Å². The average molecular weight is 614 g/mol. The van der Waals surface area contributed by atoms with Gasteiger partial charge < -0.3 is 19.7 Å². The number of methoxy groups -OCH3 is 1. The molecule has 4 aromatic rings. The minimum Gasteiger partial charge on any atom is -0.497 e. The number of ether oxygens (including phenoxy) is 2. The number of amides is 2. The Morgan fingerprint density at radius 1 is 0.955 bits per heavy atom. The number of nitrogens with zero attached hydrogens (tertiary/aromatic N) is 2. The minimum atomic E-state index is -4.05. The molecule has 1 aliphatic rings. The molecule has 0 bridgehead atoms. The largest absolute Gasteiger partial charge is 0.497 e. The van der Waals surface area contributed by atoms with Crippen molar-refractivity contribution >= 4 is 33.2 Å². The van der Waals surface area contributed by atoms with Crippen LogP contribution in [0, 0.1) is 6.92 Å². The van der Waals surface area contributed by atoms with Gasteiger partial charge in [0.1, 0.15) is 11.5 Å². The number of fused-ring (bicyclic) bond motifs is 1. The van der Waals surface area contributed by atoms with Crippen LogP contribution in [0.2, 0.25) is 0 Å². The topological polar surface area (TPSA) is 105 Å². The van der Waals surface area contributed by atoms with E-state index < -0.39 is 22.5 Å². The summed E-state index contributed by atoms with van der Waals surface area (Å²) in [6.45, 7) is 4.23. The van der Waals surface area contributed by atoms with E-state index in [9.17, 15) is 18.0 Å². The van der Waals surface area contributed by atoms with Gasteiger partial charge in [0.05, 0.1) is 25.2 Å². The number of rotatable bonds is 11. The van der Waals surface area contributed by atoms with Crippen molar-refractivity contribution in [3.8, 4) is 11.5 Å². The third-order valence-corrected chi connectivity index (χ3v) is 9.24. The van der Waals surface area contributed by atoms with Crippen molar-refractivity contribution in [2.75, 3.05) is 37.0 Å². The van der Waals surface area contributed by atoms with Crippen LogP contribution < -0.4 is 19.7 Å². The average Bonchev–Trinajstić information content (AvgIpc) is 3.45. The number of aryl methyl sites for hydroxylation is 1. The fourth-order valence-corrected chi connectivity index (χ4v) is 6.65. The van der Waals surface area contributed by atoms with Gasteiger partial charge in [-0.1, -0.05) is 36.4 Å². The molecule has 0 atom stereocenters. The van der Waals surface area contributed by atoms with Gasteiger partial charge in [0.25, 0.3) is 5.91 Å². The zero-order valence-electron chi connectivity index (χ0n) is 24.9. The van der Waals surface area contributed by atoms with Crippen molar-refractivity contribution in [2.24, 2.45) is 0 Å². The van der Waals surface area contributed by atoms with E-state index in [1.165, 1.54) is 10.4 Å². The Bertz CT molecular complexity index is 1760. The van der Waals surface area contributed by atoms with Gasteiger partial charge in [-0.15, -0.1) is 0 Å². The van der Waals surface area contributed by atoms with Gasteiger partial charge in [-0.25, -0.2) is 8.42 Å². The fraction of sp³-hybridized carbons (Fsp3) is 0.235. The highest BCUT2D eigenvalue weighted by atomic mass is 32.2. The molecule has 4 aromatic carbocycles. The number of nitrogens with one attached hydrogen (secondary N) is 1. The third-order valence-electron chi connectivity index (χ3n) is 7.45. The Labute approximate surface area is 258 Å². The van der Waals surface area contributed by atoms with Gasteiger partial charge in [0.2, 0.25) is 15.9 Å². The zero-order chi connectivity index (χ0) is 31.3. The van der Waals surface area contributed by atoms with Crippen LogP contribution in [0.1, 0.15) is 34.0 Å². The van der Waals surface area contributed by atoms with Crippen LogP contribution in [0.3, 0.4) is 0 Å². The summed E-state index contributed by atoms with van der Waals surface area (Å²) < 4.78 is 39.6. The summed E-state index contributed by atoms with van der Waals surface area (Å²) in [5, 5.41) is 2.84. The quantitative estimate of drug-likeness (QED) is 0.242. The van der Waals surface area contributed by atoms with Gasteiger partial charge in [-0.05, 0) is 91.6 Å². The van der Waals surface area contributed by atoms with E-state index in [-0.39, 0.29) is 17.3 Å². The SMILES string of the molecule is CCOc1ccc(S(=O)(=O)N(CC(=O)Nc2ccc3c(c2)N(C(=O)c2ccc(OC)cc2)CC3)Cc2ccccc2)cc1C. The normalized spacial score (nSPS) is 12.6. The van der Waals surface area contributed by atoms with Crippen molar-refractivity contribution in [1.29, 1.82) is 0 Å². The summed E-state index contributed by atoms with van der Waals surface area (Å²) in [7, 11) is -2.48. The molecule has 1 heterocycles. The molecule has 228 valence electrons. The highest BCUT2D eigenvalue weighted by molar-refractivity contribution is 7.89. The predicted molar refractivity (Wildman–Crippen MR) is 170 cm³/mol. The van der Waals surface area contributed by atoms with Crippen LogP contribution in [-0.4, -0.2) is 51.3 Å². The molecule has 9 nitrogen and oxygen atoms in total. The van der Waals surface area contributed by atoms with Gasteiger partial charge in [-0.2, -0.15) is 4.31 Å². The van der Waals surface area contributed by atoms with Crippen LogP contribution >= 0.6 is 0 Å². The minimum absolute atomic E-state index is 0.0111. The molecule has 0 aromatic heterocycles. The molecule has 0 aliphatic carbocycles. The maximum absolute atomic E-state index is 13.8. The van der Waals surface area contributed by atoms with Gasteiger partial charge >= 0.3 is 0 Å². The third kappa shape index (κ3) is 6.77. The Morgan fingerprint density at radius 3 is 2.39 bits per heavy atom. The molecule has 10 heteroatoms. The number of hydrogen-bond acceptors (Lipinski definition) is 6. The van der Waals surface area contributed by atoms with Crippen LogP contribution in [0.5, 0.6) is 11.5 Å². The fourth-order valence-electron chi connectivity index (χ4n) is 5.18. The number of anilines is 2. The molecule has 1 N–H and O–H groups in total. The first-order chi connectivity index (χ1) is 21.2. The van der Waals surface area contributed by atoms with Crippen LogP contribution in [0.25, 0.3) is 0 Å². The Kier molecular flexibility index (Phi) is 9.32. The standard InChI is InChI=1S/C34H35N3O6S/c1-4-43-32-17-16-30(20-24(32)2)44(40,41)36(22-25-8-6-5-7-9-25)23-33(38)35-28-13-10-26-18-19-37(31(26)21-28)34(39)27-11-14-29(42-3)15-12-27/h5-17,20-21H,4,18-19,22-23H2,1-3H3,(H,35,38). The molecule has 0 fully saturated rings. The molecule has 44 heavy (non-hydrogen) atoms. The van der Waals surface area contributed by atoms with E-state index in [1.54, 1.807) is 67.5 Å². The van der Waals surface area contributed by atoms with Crippen LogP contribution in [-0.2, 0) is 27.8 Å². The summed E-state index contributed by atoms with van der Waals surface area (Å²) >= 11 is 0. The molecule has 2 amide bonds. The first kappa shape index (κ1) is 30.8. The molecular weight excluding hydrogens is 578 g/mol. The molecule has 1 aliphatic heterocycles. The summed E-state index contributed by atoms with van der Waals surface area (Å²) in [6, 6.07) is 26.2. The van der Waals surface area contributed by atoms with Gasteiger partial charge in [-0.3, -0.25) is 9.59 Å². The zero-order valence-corrected chi connectivity index (χ0v) is 25.8. The van der Waals surface area contributed by atoms with E-state index in [1.807, 2.05) is 43.3 Å². The highest BCUT2D eigenvalue weighted by Crippen LogP contribution is 2.32. The highest BCUT2D eigenvalue weighted by Gasteiger charge is 2.29. The van der Waals surface area contributed by atoms with Crippen molar-refractivity contribution in [2.45, 2.75) is 31.7 Å². The van der Waals surface area contributed by atoms with Gasteiger partial charge in [0, 0.05) is 30.0 Å². The number of sulfonamides is 1. The molecule has 0 unspecified atom stereocenters. The second-order valence-corrected chi connectivity index (χ2v) is 12.4. The molecule has 0 radical (unpaired) electrons. The number of carbonyl (C=O) groups excluding carboxylic acids is 2. The number of carbonyl (C=O) groups is 2. The van der Waals surface area contributed by atoms with E-state index in [0.29, 0.717) is 53.6 Å². The Balaban J connectivity index is 1.36. The summed E-state index contributed by atoms with van der Waals surface area (Å²) in [6.07, 6.45) is 0.691. The molecule has 0 spiro atoms. The van der Waals surface area contributed by atoms with E-state index in [2.05, 4.69) is 5.32 Å². The lowest BCUT2D eigenvalue weighted by molar-refractivity contribution is -0.116. The van der Waals surface area contributed by atoms with Crippen LogP contribution in [0.15, 0.2) is 95.9 Å². The second-order valence-electron chi connectivity index (χ2n) is 10.4. The van der Waals surface area contributed by atoms with Crippen molar-refractivity contribution in [1.82, 2.24) is 4.31 Å². The molecule has 5 rings (SSSR count). The lowest BCUT2D eigenvalue weighted by Crippen LogP contribution is -2.37. The number of benzene rings is 4. The van der Waals surface area contributed by atoms with E-state index in [4.69, 9.17) is 9.47 Å². The smallest absolute Gasteiger partial charge is 0.258 e. The van der Waals surface area contributed by atoms with Gasteiger partial charge in [0.15, 0.2) is 0 Å². The first-order valence-electron chi connectivity index (χ1n) is 14.4. The predicted octanol–water partition coefficient (Wildman–Crippen LogP) is 5.43. The Morgan fingerprint density at radius 2 is 1.70 bits per heavy atom. The second kappa shape index (κ2) is 13.3. The molecule has 0 saturated carbocycles. The summed E-state index contributed by atoms with van der Waals surface area (Å²) in [5.74, 6) is 0.614. The first-order valence-corrected chi connectivity index (χ1v) is 15.8. The molecular formula is C34H35N3O6S. The van der Waals surface area contributed by atoms with E-state index >= 15 is 0 Å². The van der Waals surface area contributed by atoms with Crippen molar-refractivity contribution in [3.63, 3.8) is 0 Å². The lowest BCUT2D eigenvalue weighted by atomic mass is 10.1. The lowest BCUT2D eigenvalue weighted by Gasteiger charge is -2.23. The monoisotopic (exact) mass is 613 g/mol. The van der Waals surface area contributed by atoms with Crippen molar-refractivity contribution in [3.05, 3.63) is 113 Å². The maximum Gasteiger partial charge on any atom is 0.258 e. The number of hydrogen-bond donors (Lipinski definition) is 1. The van der Waals surface area contributed by atoms with E-state index in [0.717, 1.165) is 11.1 Å². The summed E-state index contributed by atoms with van der Waals surface area (Å²) in [4.78, 5) is 28.4. The Hall–Kier alpha value is -4.67. The van der Waals surface area contributed by atoms with Crippen molar-refractivity contribution < 1.29 is 27.5 Å². The summed E-state index contributed by atoms with van der Waals surface area (Å²) in [5.41, 5.74) is 4.13. The molecule has 0 saturated heterocycles.